The highest BCUT2D eigenvalue weighted by Crippen LogP contribution is 2.47. The van der Waals surface area contributed by atoms with Gasteiger partial charge in [-0.1, -0.05) is 198 Å². The van der Waals surface area contributed by atoms with Crippen molar-refractivity contribution >= 4 is 76.5 Å². The molecule has 11 aromatic rings. The quantitative estimate of drug-likeness (QED) is 0.172. The molecule has 5 nitrogen and oxygen atoms in total. The van der Waals surface area contributed by atoms with Gasteiger partial charge in [0.05, 0.1) is 27.8 Å². The number of fused-ring (bicyclic) bond motifs is 10. The van der Waals surface area contributed by atoms with Crippen LogP contribution in [0.1, 0.15) is 117 Å². The van der Waals surface area contributed by atoms with Crippen LogP contribution in [-0.4, -0.2) is 14.1 Å². The van der Waals surface area contributed by atoms with Crippen molar-refractivity contribution < 1.29 is 17.1 Å². The van der Waals surface area contributed by atoms with Crippen LogP contribution in [-0.2, 0) is 28.3 Å². The molecule has 374 valence electrons. The fourth-order valence-electron chi connectivity index (χ4n) is 11.4. The molecule has 4 heterocycles. The predicted molar refractivity (Wildman–Crippen MR) is 320 cm³/mol. The number of benzene rings is 8. The summed E-state index contributed by atoms with van der Waals surface area (Å²) in [6.07, 6.45) is 1.88. The molecular weight excluding hydrogens is 913 g/mol. The highest BCUT2D eigenvalue weighted by molar-refractivity contribution is 6.23. The van der Waals surface area contributed by atoms with Crippen molar-refractivity contribution in [3.8, 4) is 28.4 Å². The molecule has 0 amide bonds. The minimum Gasteiger partial charge on any atom is -0.457 e. The smallest absolute Gasteiger partial charge is 0.137 e. The van der Waals surface area contributed by atoms with E-state index in [-0.39, 0.29) is 16.4 Å². The molecule has 1 aliphatic rings. The van der Waals surface area contributed by atoms with Crippen LogP contribution in [0.25, 0.3) is 82.1 Å². The molecule has 5 heteroatoms. The Morgan fingerprint density at radius 3 is 1.84 bits per heavy atom. The van der Waals surface area contributed by atoms with E-state index in [0.717, 1.165) is 87.9 Å². The van der Waals surface area contributed by atoms with Gasteiger partial charge in [0.2, 0.25) is 0 Å². The Bertz CT molecular complexity index is 4510. The Morgan fingerprint density at radius 2 is 1.09 bits per heavy atom. The van der Waals surface area contributed by atoms with Crippen molar-refractivity contribution in [2.24, 2.45) is 0 Å². The zero-order valence-corrected chi connectivity index (χ0v) is 44.2. The number of hydrogen-bond donors (Lipinski definition) is 0. The Labute approximate surface area is 455 Å². The molecule has 0 radical (unpaired) electrons. The van der Waals surface area contributed by atoms with Crippen molar-refractivity contribution in [2.45, 2.75) is 111 Å². The van der Waals surface area contributed by atoms with Gasteiger partial charge in [-0.15, -0.1) is 0 Å². The average Bonchev–Trinajstić information content (AvgIpc) is 0.907. The zero-order chi connectivity index (χ0) is 59.8. The second kappa shape index (κ2) is 17.3. The molecular formula is C70H68N4O. The maximum atomic E-state index is 8.86. The Kier molecular flexibility index (Phi) is 8.94. The fourth-order valence-corrected chi connectivity index (χ4v) is 11.4. The number of rotatable bonds is 5. The number of para-hydroxylation sites is 3. The predicted octanol–water partition coefficient (Wildman–Crippen LogP) is 19.5. The van der Waals surface area contributed by atoms with Crippen LogP contribution in [0.4, 0.5) is 11.4 Å². The van der Waals surface area contributed by atoms with E-state index >= 15 is 0 Å². The summed E-state index contributed by atoms with van der Waals surface area (Å²) in [5, 5.41) is 8.19. The molecule has 0 bridgehead atoms. The molecule has 0 saturated heterocycles. The molecule has 0 aliphatic carbocycles. The third-order valence-electron chi connectivity index (χ3n) is 15.2. The number of nitrogens with zero attached hydrogens (tertiary/aromatic N) is 4. The molecule has 1 aliphatic heterocycles. The normalized spacial score (nSPS) is 15.5. The van der Waals surface area contributed by atoms with Gasteiger partial charge in [-0.2, -0.15) is 0 Å². The number of aromatic nitrogens is 3. The number of ether oxygens (including phenoxy) is 1. The minimum absolute atomic E-state index is 0.0821. The molecule has 8 aromatic carbocycles. The van der Waals surface area contributed by atoms with Crippen LogP contribution in [0.5, 0.6) is 11.5 Å². The second-order valence-corrected chi connectivity index (χ2v) is 23.5. The van der Waals surface area contributed by atoms with Crippen molar-refractivity contribution in [1.82, 2.24) is 14.1 Å². The summed E-state index contributed by atoms with van der Waals surface area (Å²) in [4.78, 5) is 7.19. The summed E-state index contributed by atoms with van der Waals surface area (Å²) in [5.74, 6) is 2.11. The lowest BCUT2D eigenvalue weighted by atomic mass is 9.78. The third kappa shape index (κ3) is 8.28. The van der Waals surface area contributed by atoms with E-state index in [2.05, 4.69) is 177 Å². The van der Waals surface area contributed by atoms with Crippen LogP contribution in [0, 0.1) is 0 Å². The van der Waals surface area contributed by atoms with Crippen molar-refractivity contribution in [2.75, 3.05) is 4.90 Å². The van der Waals surface area contributed by atoms with E-state index in [1.54, 1.807) is 0 Å². The zero-order valence-electron chi connectivity index (χ0n) is 53.2. The first-order chi connectivity index (χ1) is 39.5. The van der Waals surface area contributed by atoms with Gasteiger partial charge < -0.3 is 14.2 Å². The Balaban J connectivity index is 1.12. The first-order valence-corrected chi connectivity index (χ1v) is 26.0. The van der Waals surface area contributed by atoms with Gasteiger partial charge >= 0.3 is 0 Å². The van der Waals surface area contributed by atoms with Gasteiger partial charge in [-0.3, -0.25) is 4.57 Å². The molecule has 12 rings (SSSR count). The van der Waals surface area contributed by atoms with Crippen molar-refractivity contribution in [3.63, 3.8) is 0 Å². The van der Waals surface area contributed by atoms with Crippen molar-refractivity contribution in [3.05, 3.63) is 204 Å². The molecule has 0 spiro atoms. The molecule has 0 unspecified atom stereocenters. The summed E-state index contributed by atoms with van der Waals surface area (Å²) in [7, 11) is 0. The molecule has 0 fully saturated rings. The molecule has 75 heavy (non-hydrogen) atoms. The molecule has 0 saturated carbocycles. The lowest BCUT2D eigenvalue weighted by Gasteiger charge is -2.27. The molecule has 0 N–H and O–H groups in total. The second-order valence-electron chi connectivity index (χ2n) is 23.5. The van der Waals surface area contributed by atoms with Crippen LogP contribution in [0.15, 0.2) is 182 Å². The number of hydrogen-bond acceptors (Lipinski definition) is 3. The lowest BCUT2D eigenvalue weighted by Crippen LogP contribution is -2.17. The third-order valence-corrected chi connectivity index (χ3v) is 15.2. The average molecular weight is 990 g/mol. The van der Waals surface area contributed by atoms with Crippen LogP contribution < -0.4 is 9.64 Å². The summed E-state index contributed by atoms with van der Waals surface area (Å²) in [6, 6.07) is 59.4. The van der Waals surface area contributed by atoms with E-state index in [4.69, 9.17) is 22.1 Å². The van der Waals surface area contributed by atoms with Crippen molar-refractivity contribution in [1.29, 1.82) is 0 Å². The summed E-state index contributed by atoms with van der Waals surface area (Å²) in [5.41, 5.74) is 5.02. The monoisotopic (exact) mass is 990 g/mol. The summed E-state index contributed by atoms with van der Waals surface area (Å²) >= 11 is 0. The van der Waals surface area contributed by atoms with Gasteiger partial charge in [0.1, 0.15) is 24.0 Å². The minimum atomic E-state index is -3.47. The van der Waals surface area contributed by atoms with Crippen LogP contribution >= 0.6 is 0 Å². The summed E-state index contributed by atoms with van der Waals surface area (Å²) in [6.45, 7) is 9.10. The fraction of sp³-hybridized carbons (Fsp3) is 0.243. The van der Waals surface area contributed by atoms with E-state index in [0.29, 0.717) is 34.9 Å². The van der Waals surface area contributed by atoms with Gasteiger partial charge in [0.25, 0.3) is 0 Å². The first kappa shape index (κ1) is 38.7. The van der Waals surface area contributed by atoms with E-state index in [1.165, 1.54) is 17.7 Å². The van der Waals surface area contributed by atoms with Crippen LogP contribution in [0.3, 0.4) is 0 Å². The maximum Gasteiger partial charge on any atom is 0.137 e. The maximum absolute atomic E-state index is 8.86. The highest BCUT2D eigenvalue weighted by Gasteiger charge is 2.29. The SMILES string of the molecule is [2H]C([2H])([2H])C(c1cc(-c2cccc3c4ccccc4c4cccc(C(C)(C)C)c4c4cccc5c4n(c23)CN5c2cccc(Oc3ccc4c5ccccc5n(-c5cc(C(C)(C)C)ccn5)c4c3)c2)cc(C(C)(C)C)c1)(C([2H])([2H])[2H])C([2H])([2H])[2H]. The Morgan fingerprint density at radius 1 is 0.467 bits per heavy atom. The first-order valence-electron chi connectivity index (χ1n) is 30.5. The van der Waals surface area contributed by atoms with Gasteiger partial charge in [0, 0.05) is 63.5 Å². The topological polar surface area (TPSA) is 35.2 Å². The van der Waals surface area contributed by atoms with Gasteiger partial charge in [0.15, 0.2) is 0 Å². The number of pyridine rings is 1. The summed E-state index contributed by atoms with van der Waals surface area (Å²) < 4.78 is 91.2. The number of anilines is 2. The van der Waals surface area contributed by atoms with Crippen LogP contribution in [0.2, 0.25) is 0 Å². The van der Waals surface area contributed by atoms with E-state index in [1.807, 2.05) is 69.4 Å². The largest absolute Gasteiger partial charge is 0.457 e. The van der Waals surface area contributed by atoms with Gasteiger partial charge in [-0.05, 0) is 120 Å². The van der Waals surface area contributed by atoms with E-state index < -0.39 is 31.4 Å². The van der Waals surface area contributed by atoms with Gasteiger partial charge in [-0.25, -0.2) is 4.98 Å². The lowest BCUT2D eigenvalue weighted by molar-refractivity contribution is 0.483. The molecule has 3 aromatic heterocycles. The molecule has 0 atom stereocenters. The Hall–Kier alpha value is -7.89. The highest BCUT2D eigenvalue weighted by atomic mass is 16.5. The van der Waals surface area contributed by atoms with E-state index in [9.17, 15) is 0 Å². The standard InChI is InChI=1S/C70H68N4O/c1-67(2,3)45-35-36-71-63(40-45)74-60-31-16-15-25-54(60)55-34-33-50(42-62(55)74)75-49-22-17-21-48(41-49)72-43-73-65-51(44-37-46(68(4,5)6)39-47(38-44)69(7,8)9)26-18-28-57(65)53-24-14-13-23-52(53)56-27-19-30-59(70(10,11)12)64(56)58-29-20-32-61(72)66(58)73/h13-42H,43H2,1-12H3/i4D3,5D3,6D3.